The van der Waals surface area contributed by atoms with Crippen LogP contribution in [0.15, 0.2) is 29.4 Å². The number of ether oxygens (including phenoxy) is 1. The van der Waals surface area contributed by atoms with Gasteiger partial charge in [-0.05, 0) is 56.4 Å². The van der Waals surface area contributed by atoms with E-state index in [0.717, 1.165) is 48.1 Å². The summed E-state index contributed by atoms with van der Waals surface area (Å²) in [4.78, 5) is 12.8. The van der Waals surface area contributed by atoms with E-state index in [1.807, 2.05) is 31.2 Å². The number of nitrogens with one attached hydrogen (secondary N) is 1. The molecule has 1 saturated carbocycles. The van der Waals surface area contributed by atoms with Crippen LogP contribution in [0.4, 0.5) is 0 Å². The van der Waals surface area contributed by atoms with Gasteiger partial charge in [-0.3, -0.25) is 4.79 Å². The average molecular weight is 431 g/mol. The van der Waals surface area contributed by atoms with Gasteiger partial charge < -0.3 is 14.6 Å². The molecule has 1 aliphatic rings. The van der Waals surface area contributed by atoms with Crippen molar-refractivity contribution in [1.82, 2.24) is 20.1 Å². The maximum absolute atomic E-state index is 12.8. The van der Waals surface area contributed by atoms with Crippen molar-refractivity contribution in [1.29, 1.82) is 0 Å². The molecule has 0 spiro atoms. The molecule has 1 N–H and O–H groups in total. The van der Waals surface area contributed by atoms with Crippen LogP contribution in [0.1, 0.15) is 59.3 Å². The van der Waals surface area contributed by atoms with Crippen molar-refractivity contribution in [2.45, 2.75) is 82.3 Å². The summed E-state index contributed by atoms with van der Waals surface area (Å²) in [5.74, 6) is 2.29. The molecule has 1 heterocycles. The summed E-state index contributed by atoms with van der Waals surface area (Å²) in [5.41, 5.74) is 0.999. The minimum atomic E-state index is -0.215. The van der Waals surface area contributed by atoms with Crippen LogP contribution in [0.3, 0.4) is 0 Å². The van der Waals surface area contributed by atoms with Crippen LogP contribution in [0.5, 0.6) is 5.75 Å². The number of rotatable bonds is 9. The molecule has 3 atom stereocenters. The Morgan fingerprint density at radius 1 is 1.27 bits per heavy atom. The van der Waals surface area contributed by atoms with E-state index in [0.29, 0.717) is 12.0 Å². The number of nitrogens with zero attached hydrogens (tertiary/aromatic N) is 3. The molecule has 1 aliphatic carbocycles. The van der Waals surface area contributed by atoms with Crippen molar-refractivity contribution in [3.8, 4) is 17.1 Å². The Morgan fingerprint density at radius 2 is 2.00 bits per heavy atom. The molecular formula is C23H34N4O2S. The molecule has 1 fully saturated rings. The first-order valence-electron chi connectivity index (χ1n) is 11.1. The number of unbranched alkanes of at least 4 members (excludes halogenated alkanes) is 1. The molecule has 1 aromatic heterocycles. The minimum Gasteiger partial charge on any atom is -0.497 e. The molecule has 0 radical (unpaired) electrons. The van der Waals surface area contributed by atoms with Crippen molar-refractivity contribution < 1.29 is 9.53 Å². The fraction of sp³-hybridized carbons (Fsp3) is 0.609. The van der Waals surface area contributed by atoms with E-state index in [2.05, 4.69) is 33.9 Å². The predicted octanol–water partition coefficient (Wildman–Crippen LogP) is 4.93. The van der Waals surface area contributed by atoms with Crippen LogP contribution >= 0.6 is 11.8 Å². The normalized spacial score (nSPS) is 20.0. The van der Waals surface area contributed by atoms with Crippen molar-refractivity contribution in [2.75, 3.05) is 7.11 Å². The Morgan fingerprint density at radius 3 is 2.67 bits per heavy atom. The third-order valence-corrected chi connectivity index (χ3v) is 6.97. The van der Waals surface area contributed by atoms with Crippen molar-refractivity contribution >= 4 is 17.7 Å². The third-order valence-electron chi connectivity index (χ3n) is 5.89. The zero-order valence-electron chi connectivity index (χ0n) is 18.6. The molecule has 2 aromatic rings. The van der Waals surface area contributed by atoms with Gasteiger partial charge in [0.05, 0.1) is 12.4 Å². The zero-order chi connectivity index (χ0) is 21.5. The maximum Gasteiger partial charge on any atom is 0.233 e. The highest BCUT2D eigenvalue weighted by Crippen LogP contribution is 2.29. The van der Waals surface area contributed by atoms with Gasteiger partial charge >= 0.3 is 0 Å². The van der Waals surface area contributed by atoms with Crippen LogP contribution in [0, 0.1) is 5.92 Å². The molecule has 0 bridgehead atoms. The molecule has 164 valence electrons. The molecule has 6 nitrogen and oxygen atoms in total. The van der Waals surface area contributed by atoms with Gasteiger partial charge in [0.2, 0.25) is 5.91 Å². The molecule has 30 heavy (non-hydrogen) atoms. The van der Waals surface area contributed by atoms with Crippen molar-refractivity contribution in [3.63, 3.8) is 0 Å². The van der Waals surface area contributed by atoms with Gasteiger partial charge in [0.1, 0.15) is 5.75 Å². The van der Waals surface area contributed by atoms with Gasteiger partial charge in [0.15, 0.2) is 11.0 Å². The van der Waals surface area contributed by atoms with Gasteiger partial charge in [-0.1, -0.05) is 44.9 Å². The van der Waals surface area contributed by atoms with Crippen LogP contribution in [0.25, 0.3) is 11.4 Å². The zero-order valence-corrected chi connectivity index (χ0v) is 19.4. The number of amides is 1. The van der Waals surface area contributed by atoms with Gasteiger partial charge in [-0.15, -0.1) is 10.2 Å². The first kappa shape index (κ1) is 22.7. The summed E-state index contributed by atoms with van der Waals surface area (Å²) in [6, 6.07) is 8.16. The third kappa shape index (κ3) is 5.56. The number of hydrogen-bond acceptors (Lipinski definition) is 5. The largest absolute Gasteiger partial charge is 0.497 e. The van der Waals surface area contributed by atoms with E-state index in [9.17, 15) is 4.79 Å². The number of methoxy groups -OCH3 is 1. The molecule has 3 unspecified atom stereocenters. The van der Waals surface area contributed by atoms with E-state index in [4.69, 9.17) is 4.74 Å². The Labute approximate surface area is 184 Å². The van der Waals surface area contributed by atoms with Gasteiger partial charge in [-0.2, -0.15) is 0 Å². The van der Waals surface area contributed by atoms with Crippen LogP contribution in [0.2, 0.25) is 0 Å². The summed E-state index contributed by atoms with van der Waals surface area (Å²) < 4.78 is 7.40. The second kappa shape index (κ2) is 10.8. The maximum atomic E-state index is 12.8. The summed E-state index contributed by atoms with van der Waals surface area (Å²) in [6.07, 6.45) is 6.87. The van der Waals surface area contributed by atoms with Crippen LogP contribution in [-0.4, -0.2) is 39.1 Å². The Balaban J connectivity index is 1.73. The second-order valence-corrected chi connectivity index (χ2v) is 9.48. The first-order chi connectivity index (χ1) is 14.5. The standard InChI is InChI=1S/C23H34N4O2S/c1-5-6-15-27-21(18-11-13-19(29-4)14-12-18)25-26-23(27)30-17(3)22(28)24-20-10-8-7-9-16(20)2/h11-14,16-17,20H,5-10,15H2,1-4H3,(H,24,28). The fourth-order valence-corrected chi connectivity index (χ4v) is 4.77. The van der Waals surface area contributed by atoms with E-state index < -0.39 is 0 Å². The molecule has 0 aliphatic heterocycles. The fourth-order valence-electron chi connectivity index (χ4n) is 3.89. The number of aromatic nitrogens is 3. The summed E-state index contributed by atoms with van der Waals surface area (Å²) >= 11 is 1.49. The monoisotopic (exact) mass is 430 g/mol. The number of carbonyl (C=O) groups excluding carboxylic acids is 1. The Kier molecular flexibility index (Phi) is 8.19. The van der Waals surface area contributed by atoms with Gasteiger partial charge in [0.25, 0.3) is 0 Å². The predicted molar refractivity (Wildman–Crippen MR) is 122 cm³/mol. The van der Waals surface area contributed by atoms with Gasteiger partial charge in [-0.25, -0.2) is 0 Å². The summed E-state index contributed by atoms with van der Waals surface area (Å²) in [6.45, 7) is 7.21. The molecule has 1 amide bonds. The molecule has 3 rings (SSSR count). The molecular weight excluding hydrogens is 396 g/mol. The number of benzene rings is 1. The minimum absolute atomic E-state index is 0.0924. The lowest BCUT2D eigenvalue weighted by Crippen LogP contribution is -2.44. The Hall–Kier alpha value is -2.02. The smallest absolute Gasteiger partial charge is 0.233 e. The summed E-state index contributed by atoms with van der Waals surface area (Å²) in [5, 5.41) is 12.7. The van der Waals surface area contributed by atoms with E-state index in [1.165, 1.54) is 31.0 Å². The number of hydrogen-bond donors (Lipinski definition) is 1. The molecule has 0 saturated heterocycles. The highest BCUT2D eigenvalue weighted by molar-refractivity contribution is 8.00. The lowest BCUT2D eigenvalue weighted by molar-refractivity contribution is -0.121. The number of thioether (sulfide) groups is 1. The highest BCUT2D eigenvalue weighted by Gasteiger charge is 2.26. The average Bonchev–Trinajstić information content (AvgIpc) is 3.16. The molecule has 1 aromatic carbocycles. The quantitative estimate of drug-likeness (QED) is 0.571. The van der Waals surface area contributed by atoms with Crippen LogP contribution < -0.4 is 10.1 Å². The lowest BCUT2D eigenvalue weighted by atomic mass is 9.86. The van der Waals surface area contributed by atoms with Crippen molar-refractivity contribution in [3.05, 3.63) is 24.3 Å². The first-order valence-corrected chi connectivity index (χ1v) is 12.0. The topological polar surface area (TPSA) is 69.0 Å². The summed E-state index contributed by atoms with van der Waals surface area (Å²) in [7, 11) is 1.66. The second-order valence-electron chi connectivity index (χ2n) is 8.18. The van der Waals surface area contributed by atoms with E-state index in [1.54, 1.807) is 7.11 Å². The van der Waals surface area contributed by atoms with E-state index >= 15 is 0 Å². The number of carbonyl (C=O) groups is 1. The van der Waals surface area contributed by atoms with Crippen molar-refractivity contribution in [2.24, 2.45) is 5.92 Å². The SMILES string of the molecule is CCCCn1c(SC(C)C(=O)NC2CCCCC2C)nnc1-c1ccc(OC)cc1. The van der Waals surface area contributed by atoms with E-state index in [-0.39, 0.29) is 11.2 Å². The van der Waals surface area contributed by atoms with Crippen LogP contribution in [-0.2, 0) is 11.3 Å². The van der Waals surface area contributed by atoms with Gasteiger partial charge in [0, 0.05) is 18.2 Å². The molecule has 7 heteroatoms. The Bertz CT molecular complexity index is 821. The highest BCUT2D eigenvalue weighted by atomic mass is 32.2. The lowest BCUT2D eigenvalue weighted by Gasteiger charge is -2.30.